The number of hydrogen-bond acceptors (Lipinski definition) is 6. The van der Waals surface area contributed by atoms with Gasteiger partial charge in [-0.05, 0) is 37.6 Å². The molecule has 156 valence electrons. The minimum absolute atomic E-state index is 0.0747. The minimum atomic E-state index is -3.71. The van der Waals surface area contributed by atoms with Crippen LogP contribution in [0, 0.1) is 6.92 Å². The number of aromatic amines is 1. The number of aryl methyl sites for hydroxylation is 1. The summed E-state index contributed by atoms with van der Waals surface area (Å²) in [4.78, 5) is 23.5. The van der Waals surface area contributed by atoms with Gasteiger partial charge in [0.05, 0.1) is 4.90 Å². The number of sulfonamides is 1. The van der Waals surface area contributed by atoms with Crippen molar-refractivity contribution in [3.63, 3.8) is 0 Å². The standard InChI is InChI=1S/C20H22N6O3S/c1-15-22-19(24-23-15)18-14-25(30(28,29)17-6-3-2-4-7-17)12-5-13-26(18)20(27)16-8-10-21-11-9-16/h2-4,6-11,18H,5,12-14H2,1H3,(H,22,23,24). The molecule has 4 rings (SSSR count). The highest BCUT2D eigenvalue weighted by atomic mass is 32.2. The van der Waals surface area contributed by atoms with Gasteiger partial charge in [-0.25, -0.2) is 13.4 Å². The highest BCUT2D eigenvalue weighted by Gasteiger charge is 2.37. The number of aromatic nitrogens is 4. The predicted octanol–water partition coefficient (Wildman–Crippen LogP) is 1.79. The van der Waals surface area contributed by atoms with E-state index in [4.69, 9.17) is 0 Å². The minimum Gasteiger partial charge on any atom is -0.327 e. The first-order chi connectivity index (χ1) is 14.5. The van der Waals surface area contributed by atoms with E-state index in [-0.39, 0.29) is 17.3 Å². The van der Waals surface area contributed by atoms with Crippen LogP contribution in [-0.4, -0.2) is 63.3 Å². The summed E-state index contributed by atoms with van der Waals surface area (Å²) < 4.78 is 27.9. The van der Waals surface area contributed by atoms with E-state index in [2.05, 4.69) is 20.2 Å². The largest absolute Gasteiger partial charge is 0.327 e. The van der Waals surface area contributed by atoms with Crippen LogP contribution in [0.25, 0.3) is 0 Å². The fraction of sp³-hybridized carbons (Fsp3) is 0.300. The van der Waals surface area contributed by atoms with Gasteiger partial charge in [0.25, 0.3) is 5.91 Å². The molecule has 0 bridgehead atoms. The van der Waals surface area contributed by atoms with Gasteiger partial charge in [-0.3, -0.25) is 14.9 Å². The van der Waals surface area contributed by atoms with Crippen molar-refractivity contribution in [1.29, 1.82) is 0 Å². The van der Waals surface area contributed by atoms with Crippen LogP contribution in [0.1, 0.15) is 34.5 Å². The van der Waals surface area contributed by atoms with Crippen LogP contribution in [0.15, 0.2) is 59.8 Å². The summed E-state index contributed by atoms with van der Waals surface area (Å²) in [6.45, 7) is 2.53. The lowest BCUT2D eigenvalue weighted by molar-refractivity contribution is 0.0676. The molecule has 3 heterocycles. The molecular formula is C20H22N6O3S. The fourth-order valence-corrected chi connectivity index (χ4v) is 5.06. The number of amides is 1. The van der Waals surface area contributed by atoms with Gasteiger partial charge in [0, 0.05) is 37.6 Å². The molecule has 30 heavy (non-hydrogen) atoms. The van der Waals surface area contributed by atoms with Gasteiger partial charge in [-0.15, -0.1) is 0 Å². The Balaban J connectivity index is 1.71. The van der Waals surface area contributed by atoms with Gasteiger partial charge < -0.3 is 4.90 Å². The lowest BCUT2D eigenvalue weighted by Crippen LogP contribution is -2.40. The smallest absolute Gasteiger partial charge is 0.254 e. The summed E-state index contributed by atoms with van der Waals surface area (Å²) in [6, 6.07) is 11.0. The Kier molecular flexibility index (Phi) is 5.60. The molecular weight excluding hydrogens is 404 g/mol. The summed E-state index contributed by atoms with van der Waals surface area (Å²) in [5, 5.41) is 7.03. The van der Waals surface area contributed by atoms with Crippen molar-refractivity contribution in [2.75, 3.05) is 19.6 Å². The molecule has 1 aromatic carbocycles. The number of benzene rings is 1. The second-order valence-electron chi connectivity index (χ2n) is 7.06. The maximum atomic E-state index is 13.2. The first-order valence-electron chi connectivity index (χ1n) is 9.62. The van der Waals surface area contributed by atoms with E-state index < -0.39 is 16.1 Å². The molecule has 10 heteroatoms. The molecule has 1 amide bonds. The van der Waals surface area contributed by atoms with E-state index in [9.17, 15) is 13.2 Å². The Morgan fingerprint density at radius 3 is 2.50 bits per heavy atom. The average molecular weight is 427 g/mol. The lowest BCUT2D eigenvalue weighted by Gasteiger charge is -2.29. The molecule has 3 aromatic rings. The number of pyridine rings is 1. The van der Waals surface area contributed by atoms with Gasteiger partial charge in [-0.1, -0.05) is 18.2 Å². The third-order valence-corrected chi connectivity index (χ3v) is 6.92. The molecule has 0 radical (unpaired) electrons. The quantitative estimate of drug-likeness (QED) is 0.681. The van der Waals surface area contributed by atoms with Crippen molar-refractivity contribution < 1.29 is 13.2 Å². The van der Waals surface area contributed by atoms with Crippen LogP contribution >= 0.6 is 0 Å². The first kappa shape index (κ1) is 20.2. The summed E-state index contributed by atoms with van der Waals surface area (Å²) >= 11 is 0. The monoisotopic (exact) mass is 426 g/mol. The molecule has 1 aliphatic heterocycles. The van der Waals surface area contributed by atoms with E-state index in [1.165, 1.54) is 4.31 Å². The normalized spacial score (nSPS) is 18.2. The number of rotatable bonds is 4. The molecule has 0 spiro atoms. The fourth-order valence-electron chi connectivity index (χ4n) is 3.55. The predicted molar refractivity (Wildman–Crippen MR) is 109 cm³/mol. The van der Waals surface area contributed by atoms with Crippen LogP contribution in [0.5, 0.6) is 0 Å². The molecule has 1 saturated heterocycles. The molecule has 1 atom stereocenters. The van der Waals surface area contributed by atoms with Gasteiger partial charge in [0.1, 0.15) is 11.9 Å². The first-order valence-corrected chi connectivity index (χ1v) is 11.1. The lowest BCUT2D eigenvalue weighted by atomic mass is 10.1. The van der Waals surface area contributed by atoms with Crippen LogP contribution < -0.4 is 0 Å². The Hall–Kier alpha value is -3.11. The van der Waals surface area contributed by atoms with Crippen molar-refractivity contribution >= 4 is 15.9 Å². The number of nitrogens with zero attached hydrogens (tertiary/aromatic N) is 5. The van der Waals surface area contributed by atoms with Gasteiger partial charge in [0.2, 0.25) is 10.0 Å². The Morgan fingerprint density at radius 1 is 1.10 bits per heavy atom. The number of H-pyrrole nitrogens is 1. The maximum absolute atomic E-state index is 13.2. The number of hydrogen-bond donors (Lipinski definition) is 1. The van der Waals surface area contributed by atoms with E-state index in [1.807, 2.05) is 0 Å². The van der Waals surface area contributed by atoms with Crippen molar-refractivity contribution in [2.24, 2.45) is 0 Å². The van der Waals surface area contributed by atoms with Crippen LogP contribution in [0.2, 0.25) is 0 Å². The number of carbonyl (C=O) groups is 1. The number of carbonyl (C=O) groups excluding carboxylic acids is 1. The van der Waals surface area contributed by atoms with Crippen LogP contribution in [0.4, 0.5) is 0 Å². The van der Waals surface area contributed by atoms with Crippen LogP contribution in [-0.2, 0) is 10.0 Å². The summed E-state index contributed by atoms with van der Waals surface area (Å²) in [5.41, 5.74) is 0.488. The van der Waals surface area contributed by atoms with Gasteiger partial charge >= 0.3 is 0 Å². The summed E-state index contributed by atoms with van der Waals surface area (Å²) in [5.74, 6) is 0.789. The van der Waals surface area contributed by atoms with Gasteiger partial charge in [-0.2, -0.15) is 9.40 Å². The molecule has 9 nitrogen and oxygen atoms in total. The Bertz CT molecular complexity index is 1120. The molecule has 2 aromatic heterocycles. The molecule has 1 N–H and O–H groups in total. The molecule has 1 fully saturated rings. The zero-order valence-electron chi connectivity index (χ0n) is 16.5. The van der Waals surface area contributed by atoms with Crippen LogP contribution in [0.3, 0.4) is 0 Å². The second kappa shape index (κ2) is 8.33. The van der Waals surface area contributed by atoms with Crippen molar-refractivity contribution in [1.82, 2.24) is 29.4 Å². The van der Waals surface area contributed by atoms with Crippen molar-refractivity contribution in [2.45, 2.75) is 24.3 Å². The molecule has 1 unspecified atom stereocenters. The highest BCUT2D eigenvalue weighted by Crippen LogP contribution is 2.28. The third kappa shape index (κ3) is 3.96. The van der Waals surface area contributed by atoms with E-state index >= 15 is 0 Å². The highest BCUT2D eigenvalue weighted by molar-refractivity contribution is 7.89. The molecule has 0 saturated carbocycles. The van der Waals surface area contributed by atoms with E-state index in [0.717, 1.165) is 0 Å². The average Bonchev–Trinajstić information content (AvgIpc) is 3.07. The number of nitrogens with one attached hydrogen (secondary N) is 1. The second-order valence-corrected chi connectivity index (χ2v) is 9.00. The zero-order valence-corrected chi connectivity index (χ0v) is 17.3. The van der Waals surface area contributed by atoms with Crippen molar-refractivity contribution in [3.8, 4) is 0 Å². The maximum Gasteiger partial charge on any atom is 0.254 e. The molecule has 1 aliphatic rings. The van der Waals surface area contributed by atoms with E-state index in [1.54, 1.807) is 66.7 Å². The Labute approximate surface area is 174 Å². The summed E-state index contributed by atoms with van der Waals surface area (Å²) in [6.07, 6.45) is 3.62. The van der Waals surface area contributed by atoms with E-state index in [0.29, 0.717) is 36.7 Å². The van der Waals surface area contributed by atoms with Crippen molar-refractivity contribution in [3.05, 3.63) is 72.1 Å². The topological polar surface area (TPSA) is 112 Å². The molecule has 0 aliphatic carbocycles. The Morgan fingerprint density at radius 2 is 1.83 bits per heavy atom. The van der Waals surface area contributed by atoms with Gasteiger partial charge in [0.15, 0.2) is 5.82 Å². The SMILES string of the molecule is Cc1nc(C2CN(S(=O)(=O)c3ccccc3)CCCN2C(=O)c2ccncc2)n[nH]1. The summed E-state index contributed by atoms with van der Waals surface area (Å²) in [7, 11) is -3.71. The zero-order chi connectivity index (χ0) is 21.1. The third-order valence-electron chi connectivity index (χ3n) is 5.04.